The van der Waals surface area contributed by atoms with Gasteiger partial charge >= 0.3 is 0 Å². The summed E-state index contributed by atoms with van der Waals surface area (Å²) in [5.74, 6) is -0.160. The maximum Gasteiger partial charge on any atom is 0.244 e. The third-order valence-electron chi connectivity index (χ3n) is 5.98. The number of hydrogen-bond donors (Lipinski definition) is 1. The van der Waals surface area contributed by atoms with Crippen LogP contribution in [0.3, 0.4) is 0 Å². The fourth-order valence-corrected chi connectivity index (χ4v) is 4.96. The van der Waals surface area contributed by atoms with Gasteiger partial charge in [-0.1, -0.05) is 37.6 Å². The molecule has 2 unspecified atom stereocenters. The summed E-state index contributed by atoms with van der Waals surface area (Å²) in [6.45, 7) is 7.06. The van der Waals surface area contributed by atoms with E-state index in [4.69, 9.17) is 16.3 Å². The van der Waals surface area contributed by atoms with Crippen LogP contribution in [-0.4, -0.2) is 57.1 Å². The van der Waals surface area contributed by atoms with Crippen LogP contribution in [0, 0.1) is 6.92 Å². The Bertz CT molecular complexity index is 1170. The number of halogens is 1. The van der Waals surface area contributed by atoms with Crippen LogP contribution in [0.25, 0.3) is 0 Å². The number of sulfonamides is 1. The lowest BCUT2D eigenvalue weighted by Gasteiger charge is -2.33. The van der Waals surface area contributed by atoms with E-state index in [0.717, 1.165) is 22.5 Å². The number of carbonyl (C=O) groups excluding carboxylic acids is 2. The summed E-state index contributed by atoms with van der Waals surface area (Å²) in [6, 6.07) is 11.2. The second-order valence-corrected chi connectivity index (χ2v) is 11.2. The van der Waals surface area contributed by atoms with Crippen molar-refractivity contribution in [1.82, 2.24) is 10.2 Å². The largest absolute Gasteiger partial charge is 0.497 e. The number of aryl methyl sites for hydroxylation is 1. The average Bonchev–Trinajstić information content (AvgIpc) is 2.82. The van der Waals surface area contributed by atoms with E-state index >= 15 is 0 Å². The summed E-state index contributed by atoms with van der Waals surface area (Å²) in [5, 5.41) is 3.41. The zero-order valence-electron chi connectivity index (χ0n) is 21.7. The highest BCUT2D eigenvalue weighted by atomic mass is 35.5. The molecule has 0 heterocycles. The Balaban J connectivity index is 2.49. The van der Waals surface area contributed by atoms with Gasteiger partial charge in [-0.3, -0.25) is 13.9 Å². The molecule has 0 saturated carbocycles. The van der Waals surface area contributed by atoms with Crippen molar-refractivity contribution in [2.24, 2.45) is 0 Å². The van der Waals surface area contributed by atoms with Crippen molar-refractivity contribution in [2.75, 3.05) is 24.2 Å². The molecule has 2 rings (SSSR count). The molecule has 2 atom stereocenters. The van der Waals surface area contributed by atoms with Gasteiger partial charge < -0.3 is 15.0 Å². The summed E-state index contributed by atoms with van der Waals surface area (Å²) in [5.41, 5.74) is 1.72. The average molecular weight is 538 g/mol. The molecule has 0 aliphatic rings. The van der Waals surface area contributed by atoms with Crippen LogP contribution in [0.2, 0.25) is 5.02 Å². The Kier molecular flexibility index (Phi) is 10.6. The summed E-state index contributed by atoms with van der Waals surface area (Å²) in [7, 11) is -2.27. The van der Waals surface area contributed by atoms with Gasteiger partial charge in [0, 0.05) is 17.6 Å². The molecular weight excluding hydrogens is 502 g/mol. The first kappa shape index (κ1) is 29.5. The maximum absolute atomic E-state index is 13.8. The maximum atomic E-state index is 13.8. The van der Waals surface area contributed by atoms with E-state index in [1.807, 2.05) is 26.8 Å². The summed E-state index contributed by atoms with van der Waals surface area (Å²) in [6.07, 6.45) is 2.15. The summed E-state index contributed by atoms with van der Waals surface area (Å²) < 4.78 is 31.9. The Morgan fingerprint density at radius 2 is 1.81 bits per heavy atom. The van der Waals surface area contributed by atoms with Crippen molar-refractivity contribution in [3.8, 4) is 5.75 Å². The second-order valence-electron chi connectivity index (χ2n) is 8.82. The van der Waals surface area contributed by atoms with Crippen LogP contribution < -0.4 is 14.4 Å². The fourth-order valence-electron chi connectivity index (χ4n) is 3.82. The van der Waals surface area contributed by atoms with Crippen molar-refractivity contribution < 1.29 is 22.7 Å². The highest BCUT2D eigenvalue weighted by molar-refractivity contribution is 7.92. The van der Waals surface area contributed by atoms with Crippen LogP contribution >= 0.6 is 11.6 Å². The Labute approximate surface area is 219 Å². The van der Waals surface area contributed by atoms with Gasteiger partial charge in [-0.15, -0.1) is 0 Å². The molecule has 2 amide bonds. The van der Waals surface area contributed by atoms with Crippen LogP contribution in [0.5, 0.6) is 5.75 Å². The molecule has 0 bridgehead atoms. The number of hydrogen-bond acceptors (Lipinski definition) is 5. The predicted molar refractivity (Wildman–Crippen MR) is 144 cm³/mol. The van der Waals surface area contributed by atoms with E-state index in [0.29, 0.717) is 28.4 Å². The number of benzene rings is 2. The zero-order valence-corrected chi connectivity index (χ0v) is 23.3. The molecule has 1 N–H and O–H groups in total. The minimum absolute atomic E-state index is 0.0652. The number of methoxy groups -OCH3 is 1. The molecule has 0 aliphatic heterocycles. The van der Waals surface area contributed by atoms with E-state index in [1.165, 1.54) is 4.90 Å². The quantitative estimate of drug-likeness (QED) is 0.439. The number of rotatable bonds is 12. The Morgan fingerprint density at radius 3 is 2.36 bits per heavy atom. The minimum Gasteiger partial charge on any atom is -0.497 e. The van der Waals surface area contributed by atoms with Gasteiger partial charge in [0.05, 0.1) is 19.1 Å². The van der Waals surface area contributed by atoms with Gasteiger partial charge in [-0.2, -0.15) is 0 Å². The molecule has 198 valence electrons. The van der Waals surface area contributed by atoms with E-state index in [1.54, 1.807) is 50.4 Å². The van der Waals surface area contributed by atoms with Crippen LogP contribution in [0.15, 0.2) is 42.5 Å². The van der Waals surface area contributed by atoms with Crippen LogP contribution in [0.1, 0.15) is 44.7 Å². The van der Waals surface area contributed by atoms with Gasteiger partial charge in [0.2, 0.25) is 21.8 Å². The van der Waals surface area contributed by atoms with E-state index in [2.05, 4.69) is 5.32 Å². The lowest BCUT2D eigenvalue weighted by atomic mass is 10.1. The summed E-state index contributed by atoms with van der Waals surface area (Å²) in [4.78, 5) is 28.4. The van der Waals surface area contributed by atoms with Crippen LogP contribution in [-0.2, 0) is 26.2 Å². The molecule has 8 nitrogen and oxygen atoms in total. The molecule has 10 heteroatoms. The molecule has 2 aromatic carbocycles. The molecular formula is C26H36ClN3O5S. The first-order valence-corrected chi connectivity index (χ1v) is 14.1. The summed E-state index contributed by atoms with van der Waals surface area (Å²) >= 11 is 6.06. The molecule has 36 heavy (non-hydrogen) atoms. The number of ether oxygens (including phenoxy) is 1. The third-order valence-corrected chi connectivity index (χ3v) is 7.34. The second kappa shape index (κ2) is 13.0. The fraction of sp³-hybridized carbons (Fsp3) is 0.462. The number of carbonyl (C=O) groups is 2. The lowest BCUT2D eigenvalue weighted by molar-refractivity contribution is -0.140. The lowest BCUT2D eigenvalue weighted by Crippen LogP contribution is -2.53. The minimum atomic E-state index is -3.82. The van der Waals surface area contributed by atoms with Crippen molar-refractivity contribution in [3.63, 3.8) is 0 Å². The van der Waals surface area contributed by atoms with Crippen LogP contribution in [0.4, 0.5) is 5.69 Å². The van der Waals surface area contributed by atoms with Crippen molar-refractivity contribution in [3.05, 3.63) is 58.6 Å². The normalized spacial score (nSPS) is 13.0. The molecule has 0 spiro atoms. The highest BCUT2D eigenvalue weighted by Crippen LogP contribution is 2.26. The van der Waals surface area contributed by atoms with Gasteiger partial charge in [0.15, 0.2) is 0 Å². The number of nitrogens with zero attached hydrogens (tertiary/aromatic N) is 2. The first-order valence-electron chi connectivity index (χ1n) is 11.9. The topological polar surface area (TPSA) is 96.0 Å². The molecule has 0 radical (unpaired) electrons. The SMILES string of the molecule is CCC(C)NC(=O)C(CC)N(Cc1cccc(OC)c1)C(=O)CN(c1ccc(Cl)cc1C)S(C)(=O)=O. The third kappa shape index (κ3) is 7.86. The predicted octanol–water partition coefficient (Wildman–Crippen LogP) is 4.15. The smallest absolute Gasteiger partial charge is 0.244 e. The molecule has 0 aromatic heterocycles. The Hall–Kier alpha value is -2.78. The van der Waals surface area contributed by atoms with E-state index in [-0.39, 0.29) is 18.5 Å². The zero-order chi connectivity index (χ0) is 27.0. The molecule has 2 aromatic rings. The molecule has 0 fully saturated rings. The Morgan fingerprint density at radius 1 is 1.11 bits per heavy atom. The van der Waals surface area contributed by atoms with Crippen molar-refractivity contribution in [1.29, 1.82) is 0 Å². The first-order chi connectivity index (χ1) is 16.9. The van der Waals surface area contributed by atoms with Gasteiger partial charge in [0.25, 0.3) is 0 Å². The van der Waals surface area contributed by atoms with Gasteiger partial charge in [0.1, 0.15) is 18.3 Å². The van der Waals surface area contributed by atoms with Gasteiger partial charge in [-0.05, 0) is 68.1 Å². The monoisotopic (exact) mass is 537 g/mol. The number of nitrogens with one attached hydrogen (secondary N) is 1. The number of anilines is 1. The molecule has 0 saturated heterocycles. The number of amides is 2. The molecule has 0 aliphatic carbocycles. The van der Waals surface area contributed by atoms with Crippen molar-refractivity contribution >= 4 is 39.1 Å². The van der Waals surface area contributed by atoms with Gasteiger partial charge in [-0.25, -0.2) is 8.42 Å². The van der Waals surface area contributed by atoms with E-state index in [9.17, 15) is 18.0 Å². The van der Waals surface area contributed by atoms with Crippen molar-refractivity contribution in [2.45, 2.75) is 59.2 Å². The van der Waals surface area contributed by atoms with E-state index < -0.39 is 28.5 Å². The standard InChI is InChI=1S/C26H36ClN3O5S/c1-7-19(4)28-26(32)23(8-2)29(16-20-10-9-11-22(15-20)35-5)25(31)17-30(36(6,33)34)24-13-12-21(27)14-18(24)3/h9-15,19,23H,7-8,16-17H2,1-6H3,(H,28,32). The highest BCUT2D eigenvalue weighted by Gasteiger charge is 2.32.